The Bertz CT molecular complexity index is 1760. The summed E-state index contributed by atoms with van der Waals surface area (Å²) in [6, 6.07) is 7.22. The molecule has 12 heteroatoms. The Morgan fingerprint density at radius 2 is 1.12 bits per heavy atom. The summed E-state index contributed by atoms with van der Waals surface area (Å²) in [7, 11) is 0. The molecule has 0 unspecified atom stereocenters. The standard InChI is InChI=1S/C29H32ClN9O2/c30-23-17-5-7-19-21(26(40)36-28(33-19)31-9-15-38-11-1-2-12-38)24(17)35-25-18(23)6-8-20-22(25)27(41)37-29(34-20)32-10-16-39-13-3-4-14-39/h5-8H,1-4,9-16H2,(H2,31,33,36,40)(H2,32,34,37,41). The first-order valence-electron chi connectivity index (χ1n) is 14.4. The van der Waals surface area contributed by atoms with E-state index in [4.69, 9.17) is 16.6 Å². The van der Waals surface area contributed by atoms with Crippen molar-refractivity contribution >= 4 is 67.1 Å². The number of H-pyrrole nitrogens is 2. The van der Waals surface area contributed by atoms with Crippen LogP contribution in [0.25, 0.3) is 43.6 Å². The van der Waals surface area contributed by atoms with Crippen molar-refractivity contribution in [2.45, 2.75) is 25.7 Å². The van der Waals surface area contributed by atoms with Gasteiger partial charge in [0, 0.05) is 37.0 Å². The molecule has 4 N–H and O–H groups in total. The number of benzene rings is 2. The van der Waals surface area contributed by atoms with Crippen LogP contribution in [0.4, 0.5) is 11.9 Å². The summed E-state index contributed by atoms with van der Waals surface area (Å²) in [5, 5.41) is 8.82. The van der Waals surface area contributed by atoms with Crippen molar-refractivity contribution in [2.75, 3.05) is 63.0 Å². The normalized spacial score (nSPS) is 16.5. The van der Waals surface area contributed by atoms with Crippen LogP contribution in [0, 0.1) is 0 Å². The summed E-state index contributed by atoms with van der Waals surface area (Å²) in [5.74, 6) is 0.840. The Morgan fingerprint density at radius 1 is 0.683 bits per heavy atom. The van der Waals surface area contributed by atoms with Gasteiger partial charge in [0.15, 0.2) is 0 Å². The maximum atomic E-state index is 13.3. The van der Waals surface area contributed by atoms with Crippen LogP contribution < -0.4 is 21.8 Å². The fourth-order valence-corrected chi connectivity index (χ4v) is 6.43. The molecule has 41 heavy (non-hydrogen) atoms. The number of anilines is 2. The Kier molecular flexibility index (Phi) is 6.93. The van der Waals surface area contributed by atoms with E-state index in [0.717, 1.165) is 39.3 Å². The van der Waals surface area contributed by atoms with Crippen molar-refractivity contribution in [3.05, 3.63) is 50.0 Å². The third kappa shape index (κ3) is 4.98. The molecule has 11 nitrogen and oxygen atoms in total. The molecule has 0 spiro atoms. The van der Waals surface area contributed by atoms with Gasteiger partial charge < -0.3 is 20.4 Å². The fraction of sp³-hybridized carbons (Fsp3) is 0.414. The predicted molar refractivity (Wildman–Crippen MR) is 164 cm³/mol. The summed E-state index contributed by atoms with van der Waals surface area (Å²) in [5.41, 5.74) is 1.18. The SMILES string of the molecule is O=c1[nH]c(NCCN2CCCC2)nc2ccc3c(Cl)c4ccc5nc(NCCN6CCCC6)[nH]c(=O)c5c4nc3c12. The van der Waals surface area contributed by atoms with Gasteiger partial charge in [0.2, 0.25) is 11.9 Å². The van der Waals surface area contributed by atoms with Gasteiger partial charge in [0.25, 0.3) is 11.1 Å². The number of aromatic amines is 2. The molecular formula is C29H32ClN9O2. The smallest absolute Gasteiger partial charge is 0.262 e. The maximum Gasteiger partial charge on any atom is 0.262 e. The molecule has 0 bridgehead atoms. The Labute approximate surface area is 240 Å². The lowest BCUT2D eigenvalue weighted by Gasteiger charge is -2.15. The summed E-state index contributed by atoms with van der Waals surface area (Å²) in [4.78, 5) is 51.3. The van der Waals surface area contributed by atoms with Crippen LogP contribution >= 0.6 is 11.6 Å². The van der Waals surface area contributed by atoms with E-state index in [2.05, 4.69) is 40.4 Å². The molecule has 0 amide bonds. The number of rotatable bonds is 8. The number of pyridine rings is 1. The molecule has 3 aromatic heterocycles. The van der Waals surface area contributed by atoms with Gasteiger partial charge >= 0.3 is 0 Å². The van der Waals surface area contributed by atoms with Gasteiger partial charge in [0.1, 0.15) is 0 Å². The number of fused-ring (bicyclic) bond motifs is 6. The van der Waals surface area contributed by atoms with Crippen molar-refractivity contribution in [1.82, 2.24) is 34.7 Å². The first kappa shape index (κ1) is 26.1. The lowest BCUT2D eigenvalue weighted by molar-refractivity contribution is 0.352. The molecule has 0 saturated carbocycles. The van der Waals surface area contributed by atoms with Gasteiger partial charge in [-0.1, -0.05) is 11.6 Å². The minimum atomic E-state index is -0.316. The molecule has 212 valence electrons. The van der Waals surface area contributed by atoms with E-state index >= 15 is 0 Å². The molecule has 7 rings (SSSR count). The average molecular weight is 574 g/mol. The second-order valence-corrected chi connectivity index (χ2v) is 11.3. The highest BCUT2D eigenvalue weighted by Crippen LogP contribution is 2.35. The maximum absolute atomic E-state index is 13.3. The molecule has 2 saturated heterocycles. The van der Waals surface area contributed by atoms with E-state index in [1.165, 1.54) is 25.7 Å². The summed E-state index contributed by atoms with van der Waals surface area (Å²) >= 11 is 6.86. The van der Waals surface area contributed by atoms with Crippen LogP contribution in [0.1, 0.15) is 25.7 Å². The Hall–Kier alpha value is -3.80. The van der Waals surface area contributed by atoms with Crippen molar-refractivity contribution < 1.29 is 0 Å². The second-order valence-electron chi connectivity index (χ2n) is 10.9. The highest BCUT2D eigenvalue weighted by molar-refractivity contribution is 6.41. The van der Waals surface area contributed by atoms with Crippen LogP contribution in [-0.4, -0.2) is 87.1 Å². The van der Waals surface area contributed by atoms with Crippen molar-refractivity contribution in [3.63, 3.8) is 0 Å². The molecule has 0 radical (unpaired) electrons. The number of aromatic nitrogens is 5. The lowest BCUT2D eigenvalue weighted by Crippen LogP contribution is -2.27. The van der Waals surface area contributed by atoms with E-state index < -0.39 is 0 Å². The zero-order valence-corrected chi connectivity index (χ0v) is 23.5. The average Bonchev–Trinajstić information content (AvgIpc) is 3.67. The van der Waals surface area contributed by atoms with E-state index in [-0.39, 0.29) is 11.1 Å². The fourth-order valence-electron chi connectivity index (χ4n) is 6.12. The Morgan fingerprint density at radius 3 is 1.56 bits per heavy atom. The molecular weight excluding hydrogens is 542 g/mol. The minimum Gasteiger partial charge on any atom is -0.354 e. The first-order valence-corrected chi connectivity index (χ1v) is 14.7. The van der Waals surface area contributed by atoms with Crippen LogP contribution in [0.15, 0.2) is 33.9 Å². The quantitative estimate of drug-likeness (QED) is 0.162. The highest BCUT2D eigenvalue weighted by atomic mass is 35.5. The van der Waals surface area contributed by atoms with Crippen molar-refractivity contribution in [1.29, 1.82) is 0 Å². The minimum absolute atomic E-state index is 0.316. The largest absolute Gasteiger partial charge is 0.354 e. The molecule has 5 aromatic rings. The van der Waals surface area contributed by atoms with Gasteiger partial charge in [-0.25, -0.2) is 15.0 Å². The Balaban J connectivity index is 1.26. The van der Waals surface area contributed by atoms with Crippen LogP contribution in [0.2, 0.25) is 5.02 Å². The molecule has 0 atom stereocenters. The highest BCUT2D eigenvalue weighted by Gasteiger charge is 2.18. The zero-order chi connectivity index (χ0) is 27.9. The topological polar surface area (TPSA) is 135 Å². The van der Waals surface area contributed by atoms with Crippen LogP contribution in [-0.2, 0) is 0 Å². The van der Waals surface area contributed by atoms with E-state index in [9.17, 15) is 9.59 Å². The molecule has 2 aromatic carbocycles. The molecule has 2 aliphatic heterocycles. The van der Waals surface area contributed by atoms with Crippen LogP contribution in [0.5, 0.6) is 0 Å². The van der Waals surface area contributed by atoms with Gasteiger partial charge in [-0.15, -0.1) is 0 Å². The van der Waals surface area contributed by atoms with Gasteiger partial charge in [-0.2, -0.15) is 0 Å². The number of hydrogen-bond acceptors (Lipinski definition) is 9. The second kappa shape index (κ2) is 10.9. The predicted octanol–water partition coefficient (Wildman–Crippen LogP) is 3.53. The summed E-state index contributed by atoms with van der Waals surface area (Å²) in [6.07, 6.45) is 4.93. The lowest BCUT2D eigenvalue weighted by atomic mass is 10.1. The summed E-state index contributed by atoms with van der Waals surface area (Å²) in [6.45, 7) is 7.61. The van der Waals surface area contributed by atoms with Crippen molar-refractivity contribution in [2.24, 2.45) is 0 Å². The van der Waals surface area contributed by atoms with E-state index in [1.54, 1.807) is 12.1 Å². The first-order chi connectivity index (χ1) is 20.0. The third-order valence-electron chi connectivity index (χ3n) is 8.23. The molecule has 2 fully saturated rings. The molecule has 0 aliphatic carbocycles. The van der Waals surface area contributed by atoms with E-state index in [1.807, 2.05) is 12.1 Å². The third-order valence-corrected chi connectivity index (χ3v) is 8.64. The van der Waals surface area contributed by atoms with Gasteiger partial charge in [0.05, 0.1) is 37.9 Å². The zero-order valence-electron chi connectivity index (χ0n) is 22.7. The molecule has 5 heterocycles. The summed E-state index contributed by atoms with van der Waals surface area (Å²) < 4.78 is 0. The number of likely N-dealkylation sites (tertiary alicyclic amines) is 2. The number of nitrogens with one attached hydrogen (secondary N) is 4. The van der Waals surface area contributed by atoms with E-state index in [0.29, 0.717) is 73.6 Å². The van der Waals surface area contributed by atoms with Crippen LogP contribution in [0.3, 0.4) is 0 Å². The number of hydrogen-bond donors (Lipinski definition) is 4. The van der Waals surface area contributed by atoms with Gasteiger partial charge in [-0.3, -0.25) is 19.6 Å². The monoisotopic (exact) mass is 573 g/mol. The number of nitrogens with zero attached hydrogens (tertiary/aromatic N) is 5. The van der Waals surface area contributed by atoms with Gasteiger partial charge in [-0.05, 0) is 76.1 Å². The number of halogens is 1. The molecule has 2 aliphatic rings. The van der Waals surface area contributed by atoms with Crippen molar-refractivity contribution in [3.8, 4) is 0 Å².